The van der Waals surface area contributed by atoms with Crippen LogP contribution in [0.4, 0.5) is 0 Å². The molecule has 0 bridgehead atoms. The zero-order valence-electron chi connectivity index (χ0n) is 12.0. The number of likely N-dealkylation sites (N-methyl/N-ethyl adjacent to an activating group) is 2. The summed E-state index contributed by atoms with van der Waals surface area (Å²) in [6.07, 6.45) is 0. The van der Waals surface area contributed by atoms with Gasteiger partial charge in [-0.2, -0.15) is 0 Å². The Balaban J connectivity index is 2.06. The van der Waals surface area contributed by atoms with E-state index in [1.54, 1.807) is 19.0 Å². The molecule has 0 unspecified atom stereocenters. The van der Waals surface area contributed by atoms with Gasteiger partial charge in [-0.1, -0.05) is 11.6 Å². The molecule has 0 aromatic heterocycles. The van der Waals surface area contributed by atoms with Crippen LogP contribution in [0.25, 0.3) is 0 Å². The van der Waals surface area contributed by atoms with E-state index in [0.717, 1.165) is 5.56 Å². The minimum absolute atomic E-state index is 0.0659. The molecule has 1 amide bonds. The van der Waals surface area contributed by atoms with Crippen LogP contribution in [0.2, 0.25) is 5.02 Å². The molecule has 0 radical (unpaired) electrons. The second-order valence-corrected chi connectivity index (χ2v) is 5.47. The van der Waals surface area contributed by atoms with Gasteiger partial charge in [0, 0.05) is 20.6 Å². The number of benzene rings is 1. The maximum Gasteiger partial charge on any atom is 0.236 e. The minimum Gasteiger partial charge on any atom is -0.486 e. The standard InChI is InChI=1S/C14H19ClN2O3/c1-16(2)13(18)9-17(3)8-10-6-11(15)14-12(7-10)19-4-5-20-14/h6-7H,4-5,8-9H2,1-3H3. The van der Waals surface area contributed by atoms with Crippen molar-refractivity contribution in [3.05, 3.63) is 22.7 Å². The van der Waals surface area contributed by atoms with Gasteiger partial charge in [0.2, 0.25) is 5.91 Å². The van der Waals surface area contributed by atoms with E-state index in [9.17, 15) is 4.79 Å². The Morgan fingerprint density at radius 3 is 2.65 bits per heavy atom. The second-order valence-electron chi connectivity index (χ2n) is 5.06. The smallest absolute Gasteiger partial charge is 0.236 e. The third-order valence-electron chi connectivity index (χ3n) is 3.01. The number of halogens is 1. The lowest BCUT2D eigenvalue weighted by Crippen LogP contribution is -2.34. The van der Waals surface area contributed by atoms with Crippen molar-refractivity contribution < 1.29 is 14.3 Å². The number of nitrogens with zero attached hydrogens (tertiary/aromatic N) is 2. The molecule has 0 saturated carbocycles. The molecular formula is C14H19ClN2O3. The Kier molecular flexibility index (Phi) is 4.73. The molecule has 0 aliphatic carbocycles. The van der Waals surface area contributed by atoms with Crippen LogP contribution in [-0.4, -0.2) is 56.6 Å². The number of hydrogen-bond acceptors (Lipinski definition) is 4. The first-order valence-corrected chi connectivity index (χ1v) is 6.82. The lowest BCUT2D eigenvalue weighted by molar-refractivity contribution is -0.129. The van der Waals surface area contributed by atoms with Gasteiger partial charge in [-0.05, 0) is 24.7 Å². The first-order chi connectivity index (χ1) is 9.47. The van der Waals surface area contributed by atoms with E-state index in [1.165, 1.54) is 0 Å². The van der Waals surface area contributed by atoms with E-state index < -0.39 is 0 Å². The normalized spacial score (nSPS) is 13.4. The van der Waals surface area contributed by atoms with E-state index in [1.807, 2.05) is 24.1 Å². The maximum absolute atomic E-state index is 11.7. The summed E-state index contributed by atoms with van der Waals surface area (Å²) < 4.78 is 11.0. The van der Waals surface area contributed by atoms with E-state index >= 15 is 0 Å². The lowest BCUT2D eigenvalue weighted by Gasteiger charge is -2.22. The van der Waals surface area contributed by atoms with Crippen molar-refractivity contribution >= 4 is 17.5 Å². The van der Waals surface area contributed by atoms with Crippen molar-refractivity contribution in [2.45, 2.75) is 6.54 Å². The third-order valence-corrected chi connectivity index (χ3v) is 3.29. The highest BCUT2D eigenvalue weighted by molar-refractivity contribution is 6.32. The summed E-state index contributed by atoms with van der Waals surface area (Å²) in [5.74, 6) is 1.34. The highest BCUT2D eigenvalue weighted by Crippen LogP contribution is 2.38. The van der Waals surface area contributed by atoms with Crippen LogP contribution in [0.1, 0.15) is 5.56 Å². The highest BCUT2D eigenvalue weighted by atomic mass is 35.5. The zero-order chi connectivity index (χ0) is 14.7. The van der Waals surface area contributed by atoms with Gasteiger partial charge >= 0.3 is 0 Å². The number of carbonyl (C=O) groups excluding carboxylic acids is 1. The number of carbonyl (C=O) groups is 1. The summed E-state index contributed by atoms with van der Waals surface area (Å²) in [4.78, 5) is 15.2. The van der Waals surface area contributed by atoms with Crippen molar-refractivity contribution in [1.82, 2.24) is 9.80 Å². The maximum atomic E-state index is 11.7. The van der Waals surface area contributed by atoms with Crippen molar-refractivity contribution in [2.75, 3.05) is 40.9 Å². The summed E-state index contributed by atoms with van der Waals surface area (Å²) in [6, 6.07) is 3.77. The average molecular weight is 299 g/mol. The number of hydrogen-bond donors (Lipinski definition) is 0. The molecule has 1 aliphatic heterocycles. The van der Waals surface area contributed by atoms with Crippen LogP contribution in [0.15, 0.2) is 12.1 Å². The Morgan fingerprint density at radius 2 is 1.95 bits per heavy atom. The van der Waals surface area contributed by atoms with Gasteiger partial charge in [-0.3, -0.25) is 9.69 Å². The SMILES string of the molecule is CN(CC(=O)N(C)C)Cc1cc(Cl)c2c(c1)OCCO2. The first-order valence-electron chi connectivity index (χ1n) is 6.44. The fourth-order valence-corrected chi connectivity index (χ4v) is 2.28. The van der Waals surface area contributed by atoms with E-state index in [0.29, 0.717) is 42.8 Å². The molecular weight excluding hydrogens is 280 g/mol. The minimum atomic E-state index is 0.0659. The highest BCUT2D eigenvalue weighted by Gasteiger charge is 2.17. The average Bonchev–Trinajstić information content (AvgIpc) is 2.38. The van der Waals surface area contributed by atoms with Crippen LogP contribution in [0, 0.1) is 0 Å². The van der Waals surface area contributed by atoms with Crippen LogP contribution < -0.4 is 9.47 Å². The number of amides is 1. The van der Waals surface area contributed by atoms with Crippen molar-refractivity contribution in [1.29, 1.82) is 0 Å². The molecule has 5 nitrogen and oxygen atoms in total. The summed E-state index contributed by atoms with van der Waals surface area (Å²) in [6.45, 7) is 2.03. The molecule has 2 rings (SSSR count). The predicted molar refractivity (Wildman–Crippen MR) is 77.5 cm³/mol. The lowest BCUT2D eigenvalue weighted by atomic mass is 10.2. The molecule has 20 heavy (non-hydrogen) atoms. The van der Waals surface area contributed by atoms with Gasteiger partial charge in [-0.15, -0.1) is 0 Å². The van der Waals surface area contributed by atoms with Crippen LogP contribution in [0.5, 0.6) is 11.5 Å². The largest absolute Gasteiger partial charge is 0.486 e. The van der Waals surface area contributed by atoms with Crippen LogP contribution in [0.3, 0.4) is 0 Å². The Labute approximate surface area is 124 Å². The molecule has 1 aliphatic rings. The van der Waals surface area contributed by atoms with E-state index in [2.05, 4.69) is 0 Å². The van der Waals surface area contributed by atoms with Crippen molar-refractivity contribution in [3.63, 3.8) is 0 Å². The first kappa shape index (κ1) is 14.9. The molecule has 1 aromatic carbocycles. The predicted octanol–water partition coefficient (Wildman–Crippen LogP) is 1.63. The van der Waals surface area contributed by atoms with Gasteiger partial charge < -0.3 is 14.4 Å². The zero-order valence-corrected chi connectivity index (χ0v) is 12.7. The fraction of sp³-hybridized carbons (Fsp3) is 0.500. The third kappa shape index (κ3) is 3.55. The number of fused-ring (bicyclic) bond motifs is 1. The summed E-state index contributed by atoms with van der Waals surface area (Å²) in [7, 11) is 5.39. The number of rotatable bonds is 4. The molecule has 0 saturated heterocycles. The Bertz CT molecular complexity index is 505. The molecule has 0 fully saturated rings. The second kappa shape index (κ2) is 6.33. The summed E-state index contributed by atoms with van der Waals surface area (Å²) in [5, 5.41) is 0.546. The monoisotopic (exact) mass is 298 g/mol. The quantitative estimate of drug-likeness (QED) is 0.847. The topological polar surface area (TPSA) is 42.0 Å². The fourth-order valence-electron chi connectivity index (χ4n) is 2.00. The van der Waals surface area contributed by atoms with Gasteiger partial charge in [0.1, 0.15) is 13.2 Å². The summed E-state index contributed by atoms with van der Waals surface area (Å²) >= 11 is 6.19. The van der Waals surface area contributed by atoms with Gasteiger partial charge in [-0.25, -0.2) is 0 Å². The van der Waals surface area contributed by atoms with Crippen molar-refractivity contribution in [3.8, 4) is 11.5 Å². The molecule has 1 heterocycles. The van der Waals surface area contributed by atoms with Crippen molar-refractivity contribution in [2.24, 2.45) is 0 Å². The van der Waals surface area contributed by atoms with Gasteiger partial charge in [0.05, 0.1) is 11.6 Å². The van der Waals surface area contributed by atoms with E-state index in [4.69, 9.17) is 21.1 Å². The molecule has 1 aromatic rings. The number of ether oxygens (including phenoxy) is 2. The van der Waals surface area contributed by atoms with Gasteiger partial charge in [0.15, 0.2) is 11.5 Å². The van der Waals surface area contributed by atoms with Crippen LogP contribution >= 0.6 is 11.6 Å². The van der Waals surface area contributed by atoms with Crippen LogP contribution in [-0.2, 0) is 11.3 Å². The Morgan fingerprint density at radius 1 is 1.25 bits per heavy atom. The van der Waals surface area contributed by atoms with E-state index in [-0.39, 0.29) is 5.91 Å². The molecule has 110 valence electrons. The Hall–Kier alpha value is -1.46. The summed E-state index contributed by atoms with van der Waals surface area (Å²) in [5.41, 5.74) is 0.994. The molecule has 0 N–H and O–H groups in total. The van der Waals surface area contributed by atoms with Gasteiger partial charge in [0.25, 0.3) is 0 Å². The molecule has 6 heteroatoms. The molecule has 0 spiro atoms. The molecule has 0 atom stereocenters.